The Labute approximate surface area is 83.0 Å². The summed E-state index contributed by atoms with van der Waals surface area (Å²) in [6.07, 6.45) is 0.102. The first-order valence-electron chi connectivity index (χ1n) is 4.73. The molecule has 0 aromatic rings. The minimum Gasteiger partial charge on any atom is -0.435 e. The maximum atomic E-state index is 11.4. The first-order chi connectivity index (χ1) is 6.65. The van der Waals surface area contributed by atoms with E-state index in [1.54, 1.807) is 6.92 Å². The van der Waals surface area contributed by atoms with Crippen LogP contribution in [0.5, 0.6) is 0 Å². The molecule has 0 N–H and O–H groups in total. The maximum Gasteiger partial charge on any atom is 0.509 e. The van der Waals surface area contributed by atoms with Crippen LogP contribution < -0.4 is 0 Å². The lowest BCUT2D eigenvalue weighted by Gasteiger charge is -2.15. The molecular weight excluding hydrogens is 186 g/mol. The topological polar surface area (TPSA) is 55.8 Å². The SMILES string of the molecule is CCOC(=O)OCN1CC[C@@H](C)C1=O. The first-order valence-corrected chi connectivity index (χ1v) is 4.73. The van der Waals surface area contributed by atoms with Gasteiger partial charge >= 0.3 is 6.16 Å². The molecule has 0 unspecified atom stereocenters. The molecule has 1 saturated heterocycles. The molecule has 0 aromatic carbocycles. The van der Waals surface area contributed by atoms with Crippen LogP contribution >= 0.6 is 0 Å². The quantitative estimate of drug-likeness (QED) is 0.639. The third kappa shape index (κ3) is 2.61. The van der Waals surface area contributed by atoms with Crippen LogP contribution in [0.25, 0.3) is 0 Å². The highest BCUT2D eigenvalue weighted by atomic mass is 16.7. The van der Waals surface area contributed by atoms with E-state index in [1.807, 2.05) is 6.92 Å². The van der Waals surface area contributed by atoms with Crippen LogP contribution in [0.15, 0.2) is 0 Å². The zero-order valence-electron chi connectivity index (χ0n) is 8.49. The van der Waals surface area contributed by atoms with Gasteiger partial charge in [0.2, 0.25) is 5.91 Å². The number of carbonyl (C=O) groups is 2. The highest BCUT2D eigenvalue weighted by Gasteiger charge is 2.28. The van der Waals surface area contributed by atoms with E-state index in [0.717, 1.165) is 6.42 Å². The molecule has 0 aromatic heterocycles. The van der Waals surface area contributed by atoms with Crippen molar-refractivity contribution in [1.29, 1.82) is 0 Å². The van der Waals surface area contributed by atoms with Crippen molar-refractivity contribution in [2.75, 3.05) is 19.9 Å². The second kappa shape index (κ2) is 4.83. The van der Waals surface area contributed by atoms with Gasteiger partial charge in [-0.15, -0.1) is 0 Å². The van der Waals surface area contributed by atoms with Crippen LogP contribution in [-0.4, -0.2) is 36.8 Å². The Kier molecular flexibility index (Phi) is 3.73. The highest BCUT2D eigenvalue weighted by Crippen LogP contribution is 2.16. The van der Waals surface area contributed by atoms with Gasteiger partial charge in [-0.3, -0.25) is 4.79 Å². The fourth-order valence-electron chi connectivity index (χ4n) is 1.31. The Balaban J connectivity index is 2.25. The lowest BCUT2D eigenvalue weighted by molar-refractivity contribution is -0.134. The highest BCUT2D eigenvalue weighted by molar-refractivity contribution is 5.80. The van der Waals surface area contributed by atoms with Crippen molar-refractivity contribution in [2.24, 2.45) is 5.92 Å². The Hall–Kier alpha value is -1.26. The molecule has 0 spiro atoms. The number of hydrogen-bond acceptors (Lipinski definition) is 4. The number of ether oxygens (including phenoxy) is 2. The molecule has 0 bridgehead atoms. The third-order valence-electron chi connectivity index (χ3n) is 2.17. The number of rotatable bonds is 3. The summed E-state index contributed by atoms with van der Waals surface area (Å²) in [6, 6.07) is 0. The van der Waals surface area contributed by atoms with Crippen molar-refractivity contribution in [3.63, 3.8) is 0 Å². The van der Waals surface area contributed by atoms with Crippen LogP contribution in [0, 0.1) is 5.92 Å². The molecule has 1 rings (SSSR count). The van der Waals surface area contributed by atoms with Gasteiger partial charge in [0, 0.05) is 12.5 Å². The predicted molar refractivity (Wildman–Crippen MR) is 48.5 cm³/mol. The fraction of sp³-hybridized carbons (Fsp3) is 0.778. The minimum atomic E-state index is -0.722. The summed E-state index contributed by atoms with van der Waals surface area (Å²) in [4.78, 5) is 23.7. The van der Waals surface area contributed by atoms with E-state index in [4.69, 9.17) is 4.74 Å². The standard InChI is InChI=1S/C9H15NO4/c1-3-13-9(12)14-6-10-5-4-7(2)8(10)11/h7H,3-6H2,1-2H3/t7-/m1/s1. The van der Waals surface area contributed by atoms with Gasteiger partial charge in [0.1, 0.15) is 0 Å². The predicted octanol–water partition coefficient (Wildman–Crippen LogP) is 0.985. The van der Waals surface area contributed by atoms with Crippen molar-refractivity contribution in [3.8, 4) is 0 Å². The number of carbonyl (C=O) groups excluding carboxylic acids is 2. The van der Waals surface area contributed by atoms with Crippen LogP contribution in [0.1, 0.15) is 20.3 Å². The summed E-state index contributed by atoms with van der Waals surface area (Å²) in [7, 11) is 0. The molecule has 80 valence electrons. The van der Waals surface area contributed by atoms with Gasteiger partial charge in [0.05, 0.1) is 6.61 Å². The zero-order valence-corrected chi connectivity index (χ0v) is 8.49. The van der Waals surface area contributed by atoms with Crippen LogP contribution in [0.2, 0.25) is 0 Å². The molecule has 0 aliphatic carbocycles. The van der Waals surface area contributed by atoms with E-state index in [-0.39, 0.29) is 25.2 Å². The third-order valence-corrected chi connectivity index (χ3v) is 2.17. The average Bonchev–Trinajstić information content (AvgIpc) is 2.46. The summed E-state index contributed by atoms with van der Waals surface area (Å²) >= 11 is 0. The lowest BCUT2D eigenvalue weighted by Crippen LogP contribution is -2.30. The number of nitrogens with zero attached hydrogens (tertiary/aromatic N) is 1. The van der Waals surface area contributed by atoms with E-state index in [9.17, 15) is 9.59 Å². The van der Waals surface area contributed by atoms with E-state index in [2.05, 4.69) is 4.74 Å². The van der Waals surface area contributed by atoms with Crippen LogP contribution in [0.4, 0.5) is 4.79 Å². The molecule has 1 amide bonds. The largest absolute Gasteiger partial charge is 0.509 e. The van der Waals surface area contributed by atoms with Crippen molar-refractivity contribution in [3.05, 3.63) is 0 Å². The van der Waals surface area contributed by atoms with E-state index >= 15 is 0 Å². The smallest absolute Gasteiger partial charge is 0.435 e. The summed E-state index contributed by atoms with van der Waals surface area (Å²) < 4.78 is 9.29. The fourth-order valence-corrected chi connectivity index (χ4v) is 1.31. The zero-order chi connectivity index (χ0) is 10.6. The van der Waals surface area contributed by atoms with Gasteiger partial charge in [0.25, 0.3) is 0 Å². The maximum absolute atomic E-state index is 11.4. The number of amides is 1. The Morgan fingerprint density at radius 3 is 2.79 bits per heavy atom. The van der Waals surface area contributed by atoms with Crippen molar-refractivity contribution in [2.45, 2.75) is 20.3 Å². The van der Waals surface area contributed by atoms with Gasteiger partial charge < -0.3 is 14.4 Å². The van der Waals surface area contributed by atoms with Crippen molar-refractivity contribution < 1.29 is 19.1 Å². The summed E-state index contributed by atoms with van der Waals surface area (Å²) in [5.74, 6) is 0.0788. The molecule has 5 heteroatoms. The Morgan fingerprint density at radius 1 is 1.57 bits per heavy atom. The molecule has 1 aliphatic rings. The monoisotopic (exact) mass is 201 g/mol. The van der Waals surface area contributed by atoms with Crippen molar-refractivity contribution in [1.82, 2.24) is 4.90 Å². The Morgan fingerprint density at radius 2 is 2.29 bits per heavy atom. The van der Waals surface area contributed by atoms with Gasteiger partial charge in [-0.1, -0.05) is 6.92 Å². The number of likely N-dealkylation sites (tertiary alicyclic amines) is 1. The van der Waals surface area contributed by atoms with E-state index in [0.29, 0.717) is 6.54 Å². The molecule has 1 aliphatic heterocycles. The van der Waals surface area contributed by atoms with Gasteiger partial charge in [-0.05, 0) is 13.3 Å². The molecule has 1 heterocycles. The van der Waals surface area contributed by atoms with Gasteiger partial charge in [-0.25, -0.2) is 4.79 Å². The molecule has 1 atom stereocenters. The minimum absolute atomic E-state index is 0.00199. The van der Waals surface area contributed by atoms with E-state index < -0.39 is 6.16 Å². The Bertz CT molecular complexity index is 229. The van der Waals surface area contributed by atoms with E-state index in [1.165, 1.54) is 4.90 Å². The average molecular weight is 201 g/mol. The van der Waals surface area contributed by atoms with Gasteiger partial charge in [-0.2, -0.15) is 0 Å². The summed E-state index contributed by atoms with van der Waals surface area (Å²) in [5, 5.41) is 0. The second-order valence-corrected chi connectivity index (χ2v) is 3.25. The summed E-state index contributed by atoms with van der Waals surface area (Å²) in [5.41, 5.74) is 0. The first kappa shape index (κ1) is 10.8. The molecule has 14 heavy (non-hydrogen) atoms. The normalized spacial score (nSPS) is 21.1. The molecule has 1 fully saturated rings. The molecule has 5 nitrogen and oxygen atoms in total. The second-order valence-electron chi connectivity index (χ2n) is 3.25. The van der Waals surface area contributed by atoms with Crippen molar-refractivity contribution >= 4 is 12.1 Å². The number of hydrogen-bond donors (Lipinski definition) is 0. The molecular formula is C9H15NO4. The van der Waals surface area contributed by atoms with Crippen LogP contribution in [-0.2, 0) is 14.3 Å². The summed E-state index contributed by atoms with van der Waals surface area (Å²) in [6.45, 7) is 4.50. The molecule has 0 saturated carbocycles. The lowest BCUT2D eigenvalue weighted by atomic mass is 10.1. The molecule has 0 radical (unpaired) electrons. The van der Waals surface area contributed by atoms with Gasteiger partial charge in [0.15, 0.2) is 6.73 Å². The van der Waals surface area contributed by atoms with Crippen LogP contribution in [0.3, 0.4) is 0 Å².